The first kappa shape index (κ1) is 11.9. The van der Waals surface area contributed by atoms with Crippen molar-refractivity contribution in [2.75, 3.05) is 26.4 Å². The highest BCUT2D eigenvalue weighted by Crippen LogP contribution is 2.02. The summed E-state index contributed by atoms with van der Waals surface area (Å²) in [6, 6.07) is 0. The van der Waals surface area contributed by atoms with Crippen molar-refractivity contribution in [2.45, 2.75) is 32.8 Å². The quantitative estimate of drug-likeness (QED) is 0.565. The maximum Gasteiger partial charge on any atom is 0.0704 e. The van der Waals surface area contributed by atoms with E-state index >= 15 is 0 Å². The Kier molecular flexibility index (Phi) is 8.88. The van der Waals surface area contributed by atoms with Crippen molar-refractivity contribution in [1.29, 1.82) is 0 Å². The van der Waals surface area contributed by atoms with E-state index in [2.05, 4.69) is 6.92 Å². The van der Waals surface area contributed by atoms with Crippen LogP contribution in [0, 0.1) is 0 Å². The highest BCUT2D eigenvalue weighted by molar-refractivity contribution is 4.53. The Labute approximate surface area is 74.7 Å². The molecule has 3 nitrogen and oxygen atoms in total. The Hall–Kier alpha value is -0.120. The van der Waals surface area contributed by atoms with Crippen LogP contribution in [-0.4, -0.2) is 37.6 Å². The molecule has 0 rings (SSSR count). The van der Waals surface area contributed by atoms with E-state index in [0.29, 0.717) is 13.2 Å². The third-order valence-corrected chi connectivity index (χ3v) is 1.69. The molecule has 74 valence electrons. The molecule has 0 aromatic rings. The molecule has 0 bridgehead atoms. The van der Waals surface area contributed by atoms with E-state index in [1.807, 2.05) is 6.92 Å². The van der Waals surface area contributed by atoms with Crippen LogP contribution >= 0.6 is 0 Å². The molecular formula is C9H20O3. The first-order valence-electron chi connectivity index (χ1n) is 4.65. The Bertz CT molecular complexity index is 85.8. The average Bonchev–Trinajstić information content (AvgIpc) is 2.10. The third kappa shape index (κ3) is 6.58. The SMILES string of the molecule is CCOCCO[C@@H](CC)CCO. The zero-order chi connectivity index (χ0) is 9.23. The number of aliphatic hydroxyl groups excluding tert-OH is 1. The summed E-state index contributed by atoms with van der Waals surface area (Å²) < 4.78 is 10.6. The molecule has 0 heterocycles. The fourth-order valence-corrected chi connectivity index (χ4v) is 0.967. The van der Waals surface area contributed by atoms with E-state index in [0.717, 1.165) is 19.4 Å². The van der Waals surface area contributed by atoms with Gasteiger partial charge in [0.2, 0.25) is 0 Å². The summed E-state index contributed by atoms with van der Waals surface area (Å²) in [5, 5.41) is 8.66. The molecular weight excluding hydrogens is 156 g/mol. The topological polar surface area (TPSA) is 38.7 Å². The molecule has 0 fully saturated rings. The smallest absolute Gasteiger partial charge is 0.0704 e. The second-order valence-electron chi connectivity index (χ2n) is 2.61. The fraction of sp³-hybridized carbons (Fsp3) is 1.00. The Morgan fingerprint density at radius 3 is 2.50 bits per heavy atom. The molecule has 0 saturated heterocycles. The lowest BCUT2D eigenvalue weighted by atomic mass is 10.2. The van der Waals surface area contributed by atoms with Gasteiger partial charge in [-0.25, -0.2) is 0 Å². The van der Waals surface area contributed by atoms with Crippen LogP contribution < -0.4 is 0 Å². The third-order valence-electron chi connectivity index (χ3n) is 1.69. The van der Waals surface area contributed by atoms with E-state index in [9.17, 15) is 0 Å². The second kappa shape index (κ2) is 8.97. The molecule has 0 spiro atoms. The lowest BCUT2D eigenvalue weighted by Crippen LogP contribution is -2.16. The lowest BCUT2D eigenvalue weighted by Gasteiger charge is -2.14. The molecule has 0 radical (unpaired) electrons. The van der Waals surface area contributed by atoms with Crippen molar-refractivity contribution in [3.8, 4) is 0 Å². The predicted octanol–water partition coefficient (Wildman–Crippen LogP) is 1.20. The zero-order valence-electron chi connectivity index (χ0n) is 8.08. The maximum atomic E-state index is 8.66. The first-order chi connectivity index (χ1) is 5.85. The molecule has 1 atom stereocenters. The van der Waals surface area contributed by atoms with Crippen LogP contribution in [0.4, 0.5) is 0 Å². The van der Waals surface area contributed by atoms with Crippen LogP contribution in [0.5, 0.6) is 0 Å². The van der Waals surface area contributed by atoms with Crippen LogP contribution in [0.1, 0.15) is 26.7 Å². The minimum atomic E-state index is 0.190. The van der Waals surface area contributed by atoms with Gasteiger partial charge in [0.05, 0.1) is 19.3 Å². The Balaban J connectivity index is 3.19. The van der Waals surface area contributed by atoms with Crippen LogP contribution in [0.25, 0.3) is 0 Å². The average molecular weight is 176 g/mol. The highest BCUT2D eigenvalue weighted by Gasteiger charge is 2.04. The van der Waals surface area contributed by atoms with Gasteiger partial charge in [0, 0.05) is 13.2 Å². The van der Waals surface area contributed by atoms with Crippen LogP contribution in [0.2, 0.25) is 0 Å². The molecule has 12 heavy (non-hydrogen) atoms. The maximum absolute atomic E-state index is 8.66. The van der Waals surface area contributed by atoms with Gasteiger partial charge in [-0.3, -0.25) is 0 Å². The number of rotatable bonds is 8. The molecule has 0 aromatic carbocycles. The van der Waals surface area contributed by atoms with Gasteiger partial charge in [-0.2, -0.15) is 0 Å². The summed E-state index contributed by atoms with van der Waals surface area (Å²) in [6.07, 6.45) is 1.87. The van der Waals surface area contributed by atoms with Crippen LogP contribution in [0.15, 0.2) is 0 Å². The Morgan fingerprint density at radius 1 is 1.25 bits per heavy atom. The van der Waals surface area contributed by atoms with Gasteiger partial charge < -0.3 is 14.6 Å². The number of hydrogen-bond donors (Lipinski definition) is 1. The summed E-state index contributed by atoms with van der Waals surface area (Å²) >= 11 is 0. The van der Waals surface area contributed by atoms with E-state index in [-0.39, 0.29) is 12.7 Å². The molecule has 0 saturated carbocycles. The largest absolute Gasteiger partial charge is 0.396 e. The van der Waals surface area contributed by atoms with Crippen molar-refractivity contribution >= 4 is 0 Å². The van der Waals surface area contributed by atoms with Crippen LogP contribution in [0.3, 0.4) is 0 Å². The number of hydrogen-bond acceptors (Lipinski definition) is 3. The van der Waals surface area contributed by atoms with Gasteiger partial charge in [-0.05, 0) is 19.8 Å². The van der Waals surface area contributed by atoms with Gasteiger partial charge in [-0.15, -0.1) is 0 Å². The number of ether oxygens (including phenoxy) is 2. The number of aliphatic hydroxyl groups is 1. The second-order valence-corrected chi connectivity index (χ2v) is 2.61. The molecule has 0 aromatic heterocycles. The molecule has 0 aliphatic heterocycles. The van der Waals surface area contributed by atoms with Crippen molar-refractivity contribution in [3.63, 3.8) is 0 Å². The van der Waals surface area contributed by atoms with Crippen molar-refractivity contribution in [2.24, 2.45) is 0 Å². The zero-order valence-corrected chi connectivity index (χ0v) is 8.08. The van der Waals surface area contributed by atoms with Gasteiger partial charge in [0.25, 0.3) is 0 Å². The molecule has 0 amide bonds. The van der Waals surface area contributed by atoms with Crippen molar-refractivity contribution < 1.29 is 14.6 Å². The highest BCUT2D eigenvalue weighted by atomic mass is 16.5. The van der Waals surface area contributed by atoms with E-state index < -0.39 is 0 Å². The summed E-state index contributed by atoms with van der Waals surface area (Å²) in [5.74, 6) is 0. The monoisotopic (exact) mass is 176 g/mol. The minimum absolute atomic E-state index is 0.190. The predicted molar refractivity (Wildman–Crippen MR) is 48.2 cm³/mol. The normalized spacial score (nSPS) is 13.2. The standard InChI is InChI=1S/C9H20O3/c1-3-9(5-6-10)12-8-7-11-4-2/h9-10H,3-8H2,1-2H3/t9-/m0/s1. The van der Waals surface area contributed by atoms with E-state index in [1.165, 1.54) is 0 Å². The van der Waals surface area contributed by atoms with Crippen LogP contribution in [-0.2, 0) is 9.47 Å². The van der Waals surface area contributed by atoms with Crippen molar-refractivity contribution in [1.82, 2.24) is 0 Å². The van der Waals surface area contributed by atoms with Gasteiger partial charge >= 0.3 is 0 Å². The molecule has 0 aliphatic carbocycles. The molecule has 0 aliphatic rings. The summed E-state index contributed by atoms with van der Waals surface area (Å²) in [7, 11) is 0. The minimum Gasteiger partial charge on any atom is -0.396 e. The summed E-state index contributed by atoms with van der Waals surface area (Å²) in [4.78, 5) is 0. The molecule has 0 unspecified atom stereocenters. The lowest BCUT2D eigenvalue weighted by molar-refractivity contribution is -0.00386. The summed E-state index contributed by atoms with van der Waals surface area (Å²) in [5.41, 5.74) is 0. The molecule has 1 N–H and O–H groups in total. The molecule has 3 heteroatoms. The van der Waals surface area contributed by atoms with E-state index in [4.69, 9.17) is 14.6 Å². The van der Waals surface area contributed by atoms with E-state index in [1.54, 1.807) is 0 Å². The fourth-order valence-electron chi connectivity index (χ4n) is 0.967. The van der Waals surface area contributed by atoms with Crippen molar-refractivity contribution in [3.05, 3.63) is 0 Å². The van der Waals surface area contributed by atoms with Gasteiger partial charge in [-0.1, -0.05) is 6.92 Å². The van der Waals surface area contributed by atoms with Gasteiger partial charge in [0.15, 0.2) is 0 Å². The Morgan fingerprint density at radius 2 is 2.00 bits per heavy atom. The summed E-state index contributed by atoms with van der Waals surface area (Å²) in [6.45, 7) is 6.24. The first-order valence-corrected chi connectivity index (χ1v) is 4.65. The van der Waals surface area contributed by atoms with Gasteiger partial charge in [0.1, 0.15) is 0 Å².